The van der Waals surface area contributed by atoms with E-state index in [4.69, 9.17) is 9.15 Å². The van der Waals surface area contributed by atoms with E-state index in [1.165, 1.54) is 0 Å². The predicted octanol–water partition coefficient (Wildman–Crippen LogP) is 4.57. The Labute approximate surface area is 172 Å². The molecule has 0 radical (unpaired) electrons. The molecule has 0 atom stereocenters. The fourth-order valence-corrected chi connectivity index (χ4v) is 3.19. The van der Waals surface area contributed by atoms with Gasteiger partial charge in [-0.2, -0.15) is 0 Å². The van der Waals surface area contributed by atoms with Crippen molar-refractivity contribution in [2.24, 2.45) is 0 Å². The number of nitrogens with zero attached hydrogens (tertiary/aromatic N) is 2. The molecule has 0 unspecified atom stereocenters. The third-order valence-corrected chi connectivity index (χ3v) is 4.85. The number of ether oxygens (including phenoxy) is 1. The van der Waals surface area contributed by atoms with Gasteiger partial charge in [-0.25, -0.2) is 0 Å². The smallest absolute Gasteiger partial charge is 0.261 e. The Bertz CT molecular complexity index is 911. The maximum absolute atomic E-state index is 13.0. The normalized spacial score (nSPS) is 10.6. The highest BCUT2D eigenvalue weighted by atomic mass is 16.5. The summed E-state index contributed by atoms with van der Waals surface area (Å²) in [6.07, 6.45) is 1.62. The highest BCUT2D eigenvalue weighted by Gasteiger charge is 2.18. The fraction of sp³-hybridized carbons (Fsp3) is 0.292. The average molecular weight is 392 g/mol. The van der Waals surface area contributed by atoms with Crippen LogP contribution in [0.4, 0.5) is 5.69 Å². The van der Waals surface area contributed by atoms with Crippen molar-refractivity contribution in [3.05, 3.63) is 83.3 Å². The second-order valence-electron chi connectivity index (χ2n) is 7.40. The van der Waals surface area contributed by atoms with Crippen LogP contribution in [-0.4, -0.2) is 31.5 Å². The first-order chi connectivity index (χ1) is 13.9. The molecule has 0 saturated carbocycles. The Hall–Kier alpha value is -3.21. The van der Waals surface area contributed by atoms with Gasteiger partial charge in [0, 0.05) is 26.3 Å². The van der Waals surface area contributed by atoms with Crippen LogP contribution >= 0.6 is 0 Å². The van der Waals surface area contributed by atoms with Gasteiger partial charge < -0.3 is 19.0 Å². The van der Waals surface area contributed by atoms with Crippen molar-refractivity contribution >= 4 is 11.6 Å². The minimum atomic E-state index is -0.0826. The van der Waals surface area contributed by atoms with E-state index in [-0.39, 0.29) is 12.5 Å². The van der Waals surface area contributed by atoms with Crippen molar-refractivity contribution in [2.45, 2.75) is 26.9 Å². The number of para-hydroxylation sites is 1. The van der Waals surface area contributed by atoms with Gasteiger partial charge in [0.15, 0.2) is 6.61 Å². The molecule has 0 aliphatic carbocycles. The van der Waals surface area contributed by atoms with Gasteiger partial charge in [0.2, 0.25) is 0 Å². The molecule has 0 aliphatic heterocycles. The number of aryl methyl sites for hydroxylation is 2. The summed E-state index contributed by atoms with van der Waals surface area (Å²) in [6.45, 7) is 4.85. The van der Waals surface area contributed by atoms with Crippen LogP contribution in [0.15, 0.2) is 65.3 Å². The molecule has 3 rings (SSSR count). The van der Waals surface area contributed by atoms with Crippen LogP contribution in [0.25, 0.3) is 0 Å². The lowest BCUT2D eigenvalue weighted by Crippen LogP contribution is -2.34. The topological polar surface area (TPSA) is 45.9 Å². The number of hydrogen-bond acceptors (Lipinski definition) is 4. The molecule has 5 nitrogen and oxygen atoms in total. The molecule has 0 N–H and O–H groups in total. The highest BCUT2D eigenvalue weighted by molar-refractivity contribution is 5.78. The van der Waals surface area contributed by atoms with Gasteiger partial charge in [-0.05, 0) is 54.8 Å². The summed E-state index contributed by atoms with van der Waals surface area (Å²) in [6, 6.07) is 17.9. The maximum Gasteiger partial charge on any atom is 0.261 e. The van der Waals surface area contributed by atoms with Crippen LogP contribution in [0.1, 0.15) is 22.5 Å². The molecule has 1 heterocycles. The second kappa shape index (κ2) is 9.32. The summed E-state index contributed by atoms with van der Waals surface area (Å²) >= 11 is 0. The van der Waals surface area contributed by atoms with E-state index >= 15 is 0 Å². The molecule has 1 amide bonds. The first kappa shape index (κ1) is 20.5. The molecule has 0 bridgehead atoms. The lowest BCUT2D eigenvalue weighted by atomic mass is 10.1. The quantitative estimate of drug-likeness (QED) is 0.563. The standard InChI is InChI=1S/C24H28N2O3/c1-18-7-5-8-19(2)24(18)29-17-23(27)26(16-22-9-6-14-28-22)15-20-10-12-21(13-11-20)25(3)4/h5-14H,15-17H2,1-4H3. The molecule has 29 heavy (non-hydrogen) atoms. The Morgan fingerprint density at radius 3 is 2.21 bits per heavy atom. The fourth-order valence-electron chi connectivity index (χ4n) is 3.19. The van der Waals surface area contributed by atoms with Gasteiger partial charge in [-0.15, -0.1) is 0 Å². The van der Waals surface area contributed by atoms with E-state index in [1.54, 1.807) is 11.2 Å². The summed E-state index contributed by atoms with van der Waals surface area (Å²) in [7, 11) is 4.01. The minimum absolute atomic E-state index is 0.0117. The van der Waals surface area contributed by atoms with E-state index in [0.29, 0.717) is 13.1 Å². The molecule has 0 spiro atoms. The number of anilines is 1. The SMILES string of the molecule is Cc1cccc(C)c1OCC(=O)N(Cc1ccc(N(C)C)cc1)Cc1ccco1. The number of benzene rings is 2. The number of rotatable bonds is 8. The molecule has 152 valence electrons. The lowest BCUT2D eigenvalue weighted by Gasteiger charge is -2.23. The average Bonchev–Trinajstić information content (AvgIpc) is 3.20. The van der Waals surface area contributed by atoms with Crippen molar-refractivity contribution in [3.8, 4) is 5.75 Å². The van der Waals surface area contributed by atoms with Gasteiger partial charge >= 0.3 is 0 Å². The second-order valence-corrected chi connectivity index (χ2v) is 7.40. The Balaban J connectivity index is 1.72. The molecule has 3 aromatic rings. The molecular formula is C24H28N2O3. The number of furan rings is 1. The van der Waals surface area contributed by atoms with Crippen LogP contribution < -0.4 is 9.64 Å². The zero-order chi connectivity index (χ0) is 20.8. The zero-order valence-corrected chi connectivity index (χ0v) is 17.5. The number of carbonyl (C=O) groups is 1. The van der Waals surface area contributed by atoms with Crippen molar-refractivity contribution in [1.82, 2.24) is 4.90 Å². The molecule has 5 heteroatoms. The lowest BCUT2D eigenvalue weighted by molar-refractivity contribution is -0.134. The minimum Gasteiger partial charge on any atom is -0.483 e. The third-order valence-electron chi connectivity index (χ3n) is 4.85. The van der Waals surface area contributed by atoms with E-state index < -0.39 is 0 Å². The van der Waals surface area contributed by atoms with Crippen LogP contribution in [-0.2, 0) is 17.9 Å². The molecular weight excluding hydrogens is 364 g/mol. The van der Waals surface area contributed by atoms with Gasteiger partial charge in [-0.1, -0.05) is 30.3 Å². The molecule has 0 aliphatic rings. The van der Waals surface area contributed by atoms with E-state index in [1.807, 2.05) is 75.3 Å². The van der Waals surface area contributed by atoms with Gasteiger partial charge in [0.1, 0.15) is 11.5 Å². The van der Waals surface area contributed by atoms with Crippen molar-refractivity contribution in [1.29, 1.82) is 0 Å². The Morgan fingerprint density at radius 2 is 1.62 bits per heavy atom. The molecule has 0 fully saturated rings. The van der Waals surface area contributed by atoms with Crippen LogP contribution in [0.2, 0.25) is 0 Å². The molecule has 1 aromatic heterocycles. The maximum atomic E-state index is 13.0. The zero-order valence-electron chi connectivity index (χ0n) is 17.5. The van der Waals surface area contributed by atoms with Crippen molar-refractivity contribution in [3.63, 3.8) is 0 Å². The van der Waals surface area contributed by atoms with E-state index in [2.05, 4.69) is 12.1 Å². The number of carbonyl (C=O) groups excluding carboxylic acids is 1. The largest absolute Gasteiger partial charge is 0.483 e. The summed E-state index contributed by atoms with van der Waals surface area (Å²) in [5, 5.41) is 0. The predicted molar refractivity (Wildman–Crippen MR) is 115 cm³/mol. The van der Waals surface area contributed by atoms with Crippen molar-refractivity contribution in [2.75, 3.05) is 25.6 Å². The summed E-state index contributed by atoms with van der Waals surface area (Å²) in [4.78, 5) is 16.8. The number of hydrogen-bond donors (Lipinski definition) is 0. The van der Waals surface area contributed by atoms with E-state index in [0.717, 1.165) is 33.9 Å². The van der Waals surface area contributed by atoms with Crippen molar-refractivity contribution < 1.29 is 13.9 Å². The summed E-state index contributed by atoms with van der Waals surface area (Å²) in [5.74, 6) is 1.44. The monoisotopic (exact) mass is 392 g/mol. The van der Waals surface area contributed by atoms with Crippen LogP contribution in [0, 0.1) is 13.8 Å². The molecule has 0 saturated heterocycles. The third kappa shape index (κ3) is 5.41. The van der Waals surface area contributed by atoms with E-state index in [9.17, 15) is 4.79 Å². The first-order valence-corrected chi connectivity index (χ1v) is 9.69. The van der Waals surface area contributed by atoms with Crippen LogP contribution in [0.3, 0.4) is 0 Å². The molecule has 2 aromatic carbocycles. The van der Waals surface area contributed by atoms with Crippen LogP contribution in [0.5, 0.6) is 5.75 Å². The summed E-state index contributed by atoms with van der Waals surface area (Å²) < 4.78 is 11.4. The number of amides is 1. The summed E-state index contributed by atoms with van der Waals surface area (Å²) in [5.41, 5.74) is 4.22. The Kier molecular flexibility index (Phi) is 6.60. The van der Waals surface area contributed by atoms with Gasteiger partial charge in [-0.3, -0.25) is 4.79 Å². The Morgan fingerprint density at radius 1 is 0.931 bits per heavy atom. The van der Waals surface area contributed by atoms with Gasteiger partial charge in [0.25, 0.3) is 5.91 Å². The van der Waals surface area contributed by atoms with Gasteiger partial charge in [0.05, 0.1) is 12.8 Å². The first-order valence-electron chi connectivity index (χ1n) is 9.69. The highest BCUT2D eigenvalue weighted by Crippen LogP contribution is 2.23.